The first kappa shape index (κ1) is 29.2. The monoisotopic (exact) mass is 576 g/mol. The number of carboxylic acid groups (broad SMARTS) is 2. The number of carboxylic acids is 2. The minimum absolute atomic E-state index is 0.0284. The predicted molar refractivity (Wildman–Crippen MR) is 152 cm³/mol. The molecule has 1 heterocycles. The molecule has 3 N–H and O–H groups in total. The molecule has 0 aliphatic heterocycles. The lowest BCUT2D eigenvalue weighted by atomic mass is 10.0. The number of fused-ring (bicyclic) bond motifs is 1. The summed E-state index contributed by atoms with van der Waals surface area (Å²) < 4.78 is 40.9. The van der Waals surface area contributed by atoms with Gasteiger partial charge < -0.3 is 24.3 Å². The SMILES string of the molecule is CC#CCOc1ccc(S(=O)(=O)N[C@@H](Cc2cn(Cc3ccc(OC)cc3)c3ccc(C(=O)O)cc23)C(=O)O)cc1. The molecule has 0 bridgehead atoms. The standard InChI is InChI=1S/C30H28N2O8S/c1-3-4-15-40-24-10-12-25(13-11-24)41(37,38)31-27(30(35)36)17-22-19-32(18-20-5-8-23(39-2)9-6-20)28-14-7-21(29(33)34)16-26(22)28/h5-14,16,19,27,31H,15,17-18H2,1-2H3,(H,33,34)(H,35,36)/t27-/m0/s1. The van der Waals surface area contributed by atoms with Gasteiger partial charge in [-0.25, -0.2) is 13.2 Å². The van der Waals surface area contributed by atoms with E-state index in [1.54, 1.807) is 26.3 Å². The highest BCUT2D eigenvalue weighted by atomic mass is 32.2. The van der Waals surface area contributed by atoms with Crippen LogP contribution in [0.25, 0.3) is 10.9 Å². The summed E-state index contributed by atoms with van der Waals surface area (Å²) in [6.45, 7) is 2.24. The molecular weight excluding hydrogens is 548 g/mol. The second kappa shape index (κ2) is 12.6. The summed E-state index contributed by atoms with van der Waals surface area (Å²) in [5, 5.41) is 20.0. The number of nitrogens with zero attached hydrogens (tertiary/aromatic N) is 1. The molecule has 4 aromatic rings. The lowest BCUT2D eigenvalue weighted by Gasteiger charge is -2.15. The summed E-state index contributed by atoms with van der Waals surface area (Å²) in [7, 11) is -2.65. The lowest BCUT2D eigenvalue weighted by molar-refractivity contribution is -0.138. The van der Waals surface area contributed by atoms with E-state index in [9.17, 15) is 28.2 Å². The largest absolute Gasteiger partial charge is 0.497 e. The third kappa shape index (κ3) is 7.05. The second-order valence-corrected chi connectivity index (χ2v) is 10.8. The fourth-order valence-corrected chi connectivity index (χ4v) is 5.48. The van der Waals surface area contributed by atoms with E-state index in [-0.39, 0.29) is 23.5 Å². The van der Waals surface area contributed by atoms with Gasteiger partial charge in [0, 0.05) is 30.1 Å². The number of hydrogen-bond donors (Lipinski definition) is 3. The first-order valence-electron chi connectivity index (χ1n) is 12.5. The number of aromatic nitrogens is 1. The van der Waals surface area contributed by atoms with E-state index in [2.05, 4.69) is 16.6 Å². The van der Waals surface area contributed by atoms with Gasteiger partial charge in [0.05, 0.1) is 17.6 Å². The van der Waals surface area contributed by atoms with Crippen molar-refractivity contribution in [1.82, 2.24) is 9.29 Å². The maximum atomic E-state index is 13.1. The summed E-state index contributed by atoms with van der Waals surface area (Å²) in [5.74, 6) is 4.03. The second-order valence-electron chi connectivity index (χ2n) is 9.07. The zero-order valence-electron chi connectivity index (χ0n) is 22.3. The van der Waals surface area contributed by atoms with Gasteiger partial charge >= 0.3 is 11.9 Å². The fourth-order valence-electron chi connectivity index (χ4n) is 4.29. The smallest absolute Gasteiger partial charge is 0.335 e. The average Bonchev–Trinajstić information content (AvgIpc) is 3.29. The topological polar surface area (TPSA) is 144 Å². The highest BCUT2D eigenvalue weighted by molar-refractivity contribution is 7.89. The van der Waals surface area contributed by atoms with Gasteiger partial charge in [0.25, 0.3) is 0 Å². The van der Waals surface area contributed by atoms with Gasteiger partial charge in [-0.05, 0) is 72.6 Å². The van der Waals surface area contributed by atoms with Crippen LogP contribution in [-0.4, -0.2) is 54.9 Å². The Morgan fingerprint density at radius 1 is 1.00 bits per heavy atom. The molecule has 0 fully saturated rings. The van der Waals surface area contributed by atoms with Crippen LogP contribution in [0.15, 0.2) is 77.8 Å². The Hall–Kier alpha value is -4.79. The van der Waals surface area contributed by atoms with Crippen molar-refractivity contribution < 1.29 is 37.7 Å². The molecule has 41 heavy (non-hydrogen) atoms. The number of rotatable bonds is 12. The van der Waals surface area contributed by atoms with Crippen LogP contribution in [0.4, 0.5) is 0 Å². The van der Waals surface area contributed by atoms with E-state index >= 15 is 0 Å². The Bertz CT molecular complexity index is 1730. The van der Waals surface area contributed by atoms with Crippen molar-refractivity contribution in [2.24, 2.45) is 0 Å². The summed E-state index contributed by atoms with van der Waals surface area (Å²) in [6.07, 6.45) is 1.50. The molecule has 0 aliphatic rings. The Balaban J connectivity index is 1.63. The van der Waals surface area contributed by atoms with Crippen molar-refractivity contribution in [3.63, 3.8) is 0 Å². The Kier molecular flexibility index (Phi) is 8.97. The predicted octanol–water partition coefficient (Wildman–Crippen LogP) is 3.77. The Morgan fingerprint density at radius 2 is 1.68 bits per heavy atom. The van der Waals surface area contributed by atoms with Gasteiger partial charge in [-0.1, -0.05) is 18.1 Å². The minimum atomic E-state index is -4.22. The molecular formula is C30H28N2O8S. The maximum Gasteiger partial charge on any atom is 0.335 e. The van der Waals surface area contributed by atoms with Gasteiger partial charge in [-0.2, -0.15) is 4.72 Å². The third-order valence-corrected chi connectivity index (χ3v) is 7.85. The number of benzene rings is 3. The van der Waals surface area contributed by atoms with Crippen molar-refractivity contribution in [3.8, 4) is 23.3 Å². The summed E-state index contributed by atoms with van der Waals surface area (Å²) in [5.41, 5.74) is 2.12. The van der Waals surface area contributed by atoms with E-state index in [1.807, 2.05) is 28.8 Å². The van der Waals surface area contributed by atoms with E-state index < -0.39 is 28.0 Å². The minimum Gasteiger partial charge on any atom is -0.497 e. The van der Waals surface area contributed by atoms with Crippen LogP contribution < -0.4 is 14.2 Å². The van der Waals surface area contributed by atoms with Crippen molar-refractivity contribution in [3.05, 3.63) is 89.6 Å². The van der Waals surface area contributed by atoms with Crippen molar-refractivity contribution in [1.29, 1.82) is 0 Å². The number of nitrogens with one attached hydrogen (secondary N) is 1. The first-order valence-corrected chi connectivity index (χ1v) is 13.9. The molecule has 0 amide bonds. The number of sulfonamides is 1. The number of methoxy groups -OCH3 is 1. The number of aliphatic carboxylic acids is 1. The van der Waals surface area contributed by atoms with Crippen LogP contribution in [0.3, 0.4) is 0 Å². The summed E-state index contributed by atoms with van der Waals surface area (Å²) >= 11 is 0. The zero-order chi connectivity index (χ0) is 29.6. The van der Waals surface area contributed by atoms with Crippen LogP contribution in [0.5, 0.6) is 11.5 Å². The maximum absolute atomic E-state index is 13.1. The van der Waals surface area contributed by atoms with E-state index in [4.69, 9.17) is 9.47 Å². The van der Waals surface area contributed by atoms with Gasteiger partial charge in [-0.15, -0.1) is 5.92 Å². The Labute approximate surface area is 237 Å². The molecule has 0 unspecified atom stereocenters. The quantitative estimate of drug-likeness (QED) is 0.216. The summed E-state index contributed by atoms with van der Waals surface area (Å²) in [4.78, 5) is 23.7. The van der Waals surface area contributed by atoms with E-state index in [1.165, 1.54) is 36.4 Å². The normalized spacial score (nSPS) is 11.9. The lowest BCUT2D eigenvalue weighted by Crippen LogP contribution is -2.42. The molecule has 11 heteroatoms. The van der Waals surface area contributed by atoms with Gasteiger partial charge in [0.2, 0.25) is 10.0 Å². The highest BCUT2D eigenvalue weighted by Crippen LogP contribution is 2.26. The van der Waals surface area contributed by atoms with Gasteiger partial charge in [-0.3, -0.25) is 4.79 Å². The van der Waals surface area contributed by atoms with Crippen LogP contribution in [-0.2, 0) is 27.8 Å². The van der Waals surface area contributed by atoms with Crippen LogP contribution >= 0.6 is 0 Å². The molecule has 0 aliphatic carbocycles. The number of ether oxygens (including phenoxy) is 2. The van der Waals surface area contributed by atoms with Crippen molar-refractivity contribution in [2.75, 3.05) is 13.7 Å². The molecule has 1 aromatic heterocycles. The average molecular weight is 577 g/mol. The third-order valence-electron chi connectivity index (χ3n) is 6.36. The highest BCUT2D eigenvalue weighted by Gasteiger charge is 2.27. The van der Waals surface area contributed by atoms with E-state index in [0.717, 1.165) is 5.56 Å². The van der Waals surface area contributed by atoms with E-state index in [0.29, 0.717) is 34.5 Å². The molecule has 0 radical (unpaired) electrons. The van der Waals surface area contributed by atoms with Crippen LogP contribution in [0.1, 0.15) is 28.4 Å². The molecule has 212 valence electrons. The van der Waals surface area contributed by atoms with Gasteiger partial charge in [0.1, 0.15) is 24.1 Å². The van der Waals surface area contributed by atoms with Crippen molar-refractivity contribution in [2.45, 2.75) is 30.8 Å². The molecule has 0 spiro atoms. The van der Waals surface area contributed by atoms with Crippen LogP contribution in [0.2, 0.25) is 0 Å². The molecule has 4 rings (SSSR count). The van der Waals surface area contributed by atoms with Gasteiger partial charge in [0.15, 0.2) is 0 Å². The van der Waals surface area contributed by atoms with Crippen LogP contribution in [0, 0.1) is 11.8 Å². The number of hydrogen-bond acceptors (Lipinski definition) is 6. The molecule has 10 nitrogen and oxygen atoms in total. The zero-order valence-corrected chi connectivity index (χ0v) is 23.1. The molecule has 1 atom stereocenters. The molecule has 0 saturated heterocycles. The summed E-state index contributed by atoms with van der Waals surface area (Å²) in [6, 6.07) is 16.0. The van der Waals surface area contributed by atoms with Crippen molar-refractivity contribution >= 4 is 32.9 Å². The number of aromatic carboxylic acids is 1. The first-order chi connectivity index (χ1) is 19.6. The fraction of sp³-hybridized carbons (Fsp3) is 0.200. The molecule has 3 aromatic carbocycles. The Morgan fingerprint density at radius 3 is 2.29 bits per heavy atom. The molecule has 0 saturated carbocycles. The number of carbonyl (C=O) groups is 2.